The molecule has 0 unspecified atom stereocenters. The van der Waals surface area contributed by atoms with Crippen molar-refractivity contribution in [2.75, 3.05) is 18.0 Å². The lowest BCUT2D eigenvalue weighted by Gasteiger charge is -2.16. The monoisotopic (exact) mass is 410 g/mol. The molecule has 1 aliphatic heterocycles. The molecule has 1 N–H and O–H groups in total. The number of thiophene rings is 1. The zero-order chi connectivity index (χ0) is 20.2. The van der Waals surface area contributed by atoms with E-state index in [1.807, 2.05) is 42.1 Å². The van der Waals surface area contributed by atoms with E-state index >= 15 is 0 Å². The Morgan fingerprint density at radius 2 is 2.00 bits per heavy atom. The first-order chi connectivity index (χ1) is 14.1. The van der Waals surface area contributed by atoms with Gasteiger partial charge in [-0.15, -0.1) is 11.3 Å². The molecular formula is C21H26N6OS. The summed E-state index contributed by atoms with van der Waals surface area (Å²) in [4.78, 5) is 24.6. The summed E-state index contributed by atoms with van der Waals surface area (Å²) in [5.74, 6) is 1.79. The smallest absolute Gasteiger partial charge is 0.220 e. The first kappa shape index (κ1) is 19.6. The highest BCUT2D eigenvalue weighted by atomic mass is 32.1. The number of aryl methyl sites for hydroxylation is 1. The van der Waals surface area contributed by atoms with Crippen molar-refractivity contribution in [3.63, 3.8) is 0 Å². The summed E-state index contributed by atoms with van der Waals surface area (Å²) in [5.41, 5.74) is 3.08. The molecule has 0 bridgehead atoms. The fourth-order valence-electron chi connectivity index (χ4n) is 3.76. The molecule has 1 fully saturated rings. The van der Waals surface area contributed by atoms with Crippen molar-refractivity contribution in [1.29, 1.82) is 0 Å². The van der Waals surface area contributed by atoms with E-state index in [0.29, 0.717) is 19.4 Å². The SMILES string of the molecule is Cc1nn(-c2cc(N3CCCC3)ncn2)c(C)c1CCC(=O)NCc1cccs1. The summed E-state index contributed by atoms with van der Waals surface area (Å²) in [6.07, 6.45) is 5.13. The van der Waals surface area contributed by atoms with Gasteiger partial charge in [0, 0.05) is 36.1 Å². The molecule has 8 heteroatoms. The number of carbonyl (C=O) groups excluding carboxylic acids is 1. The van der Waals surface area contributed by atoms with Gasteiger partial charge in [0.05, 0.1) is 12.2 Å². The Kier molecular flexibility index (Phi) is 5.89. The van der Waals surface area contributed by atoms with Crippen LogP contribution in [0.4, 0.5) is 5.82 Å². The molecule has 29 heavy (non-hydrogen) atoms. The Hall–Kier alpha value is -2.74. The highest BCUT2D eigenvalue weighted by Gasteiger charge is 2.18. The molecule has 1 saturated heterocycles. The molecule has 1 amide bonds. The van der Waals surface area contributed by atoms with E-state index in [1.165, 1.54) is 12.8 Å². The van der Waals surface area contributed by atoms with Crippen LogP contribution in [0.5, 0.6) is 0 Å². The van der Waals surface area contributed by atoms with Crippen LogP contribution in [0.25, 0.3) is 5.82 Å². The van der Waals surface area contributed by atoms with Crippen molar-refractivity contribution < 1.29 is 4.79 Å². The number of aromatic nitrogens is 4. The molecule has 0 aliphatic carbocycles. The Morgan fingerprint density at radius 3 is 2.76 bits per heavy atom. The minimum atomic E-state index is 0.0586. The average molecular weight is 411 g/mol. The van der Waals surface area contributed by atoms with Crippen LogP contribution in [0.15, 0.2) is 29.9 Å². The Balaban J connectivity index is 1.44. The van der Waals surface area contributed by atoms with Crippen LogP contribution in [-0.2, 0) is 17.8 Å². The Bertz CT molecular complexity index is 975. The second-order valence-electron chi connectivity index (χ2n) is 7.35. The predicted octanol–water partition coefficient (Wildman–Crippen LogP) is 3.19. The summed E-state index contributed by atoms with van der Waals surface area (Å²) >= 11 is 1.65. The lowest BCUT2D eigenvalue weighted by molar-refractivity contribution is -0.121. The van der Waals surface area contributed by atoms with Gasteiger partial charge in [-0.3, -0.25) is 4.79 Å². The van der Waals surface area contributed by atoms with E-state index in [0.717, 1.165) is 46.6 Å². The number of nitrogens with one attached hydrogen (secondary N) is 1. The third-order valence-electron chi connectivity index (χ3n) is 5.37. The van der Waals surface area contributed by atoms with Crippen LogP contribution < -0.4 is 10.2 Å². The molecule has 0 spiro atoms. The fraction of sp³-hybridized carbons (Fsp3) is 0.429. The Morgan fingerprint density at radius 1 is 1.21 bits per heavy atom. The fourth-order valence-corrected chi connectivity index (χ4v) is 4.40. The molecule has 0 atom stereocenters. The van der Waals surface area contributed by atoms with E-state index in [-0.39, 0.29) is 5.91 Å². The third kappa shape index (κ3) is 4.48. The van der Waals surface area contributed by atoms with Crippen LogP contribution in [0.2, 0.25) is 0 Å². The predicted molar refractivity (Wildman–Crippen MR) is 115 cm³/mol. The summed E-state index contributed by atoms with van der Waals surface area (Å²) in [6.45, 7) is 6.70. The quantitative estimate of drug-likeness (QED) is 0.647. The minimum absolute atomic E-state index is 0.0586. The van der Waals surface area contributed by atoms with Gasteiger partial charge in [0.25, 0.3) is 0 Å². The molecule has 0 saturated carbocycles. The van der Waals surface area contributed by atoms with Gasteiger partial charge in [0.15, 0.2) is 5.82 Å². The van der Waals surface area contributed by atoms with E-state index < -0.39 is 0 Å². The van der Waals surface area contributed by atoms with E-state index in [1.54, 1.807) is 17.7 Å². The standard InChI is InChI=1S/C21H26N6OS/c1-15-18(7-8-21(28)22-13-17-6-5-11-29-17)16(2)27(25-15)20-12-19(23-14-24-20)26-9-3-4-10-26/h5-6,11-12,14H,3-4,7-10,13H2,1-2H3,(H,22,28). The van der Waals surface area contributed by atoms with Crippen molar-refractivity contribution in [3.05, 3.63) is 51.7 Å². The van der Waals surface area contributed by atoms with Crippen molar-refractivity contribution in [2.45, 2.75) is 46.1 Å². The molecule has 4 heterocycles. The van der Waals surface area contributed by atoms with Crippen molar-refractivity contribution in [3.8, 4) is 5.82 Å². The van der Waals surface area contributed by atoms with Gasteiger partial charge in [0.1, 0.15) is 12.1 Å². The van der Waals surface area contributed by atoms with Gasteiger partial charge < -0.3 is 10.2 Å². The third-order valence-corrected chi connectivity index (χ3v) is 6.24. The van der Waals surface area contributed by atoms with Gasteiger partial charge in [-0.1, -0.05) is 6.07 Å². The van der Waals surface area contributed by atoms with E-state index in [9.17, 15) is 4.79 Å². The van der Waals surface area contributed by atoms with E-state index in [4.69, 9.17) is 5.10 Å². The number of hydrogen-bond donors (Lipinski definition) is 1. The number of rotatable bonds is 7. The second kappa shape index (κ2) is 8.73. The van der Waals surface area contributed by atoms with Crippen molar-refractivity contribution >= 4 is 23.1 Å². The molecule has 3 aromatic rings. The molecule has 0 radical (unpaired) electrons. The first-order valence-corrected chi connectivity index (χ1v) is 10.9. The van der Waals surface area contributed by atoms with Gasteiger partial charge in [0.2, 0.25) is 5.91 Å². The summed E-state index contributed by atoms with van der Waals surface area (Å²) < 4.78 is 1.87. The number of anilines is 1. The highest BCUT2D eigenvalue weighted by molar-refractivity contribution is 7.09. The zero-order valence-corrected chi connectivity index (χ0v) is 17.7. The second-order valence-corrected chi connectivity index (χ2v) is 8.38. The first-order valence-electron chi connectivity index (χ1n) is 10.0. The molecule has 7 nitrogen and oxygen atoms in total. The summed E-state index contributed by atoms with van der Waals surface area (Å²) in [6, 6.07) is 6.03. The van der Waals surface area contributed by atoms with Crippen LogP contribution in [0.3, 0.4) is 0 Å². The maximum absolute atomic E-state index is 12.2. The average Bonchev–Trinajstić information content (AvgIpc) is 3.48. The maximum atomic E-state index is 12.2. The number of carbonyl (C=O) groups is 1. The minimum Gasteiger partial charge on any atom is -0.356 e. The zero-order valence-electron chi connectivity index (χ0n) is 16.9. The van der Waals surface area contributed by atoms with Crippen LogP contribution in [-0.4, -0.2) is 38.7 Å². The van der Waals surface area contributed by atoms with Crippen molar-refractivity contribution in [2.24, 2.45) is 0 Å². The van der Waals surface area contributed by atoms with Crippen LogP contribution in [0.1, 0.15) is 41.1 Å². The van der Waals surface area contributed by atoms with Crippen molar-refractivity contribution in [1.82, 2.24) is 25.1 Å². The number of hydrogen-bond acceptors (Lipinski definition) is 6. The van der Waals surface area contributed by atoms with Gasteiger partial charge in [-0.25, -0.2) is 14.6 Å². The number of amides is 1. The lowest BCUT2D eigenvalue weighted by Crippen LogP contribution is -2.22. The largest absolute Gasteiger partial charge is 0.356 e. The maximum Gasteiger partial charge on any atom is 0.220 e. The molecule has 4 rings (SSSR count). The summed E-state index contributed by atoms with van der Waals surface area (Å²) in [7, 11) is 0. The number of nitrogens with zero attached hydrogens (tertiary/aromatic N) is 5. The molecule has 152 valence electrons. The summed E-state index contributed by atoms with van der Waals surface area (Å²) in [5, 5.41) is 9.70. The van der Waals surface area contributed by atoms with E-state index in [2.05, 4.69) is 20.2 Å². The van der Waals surface area contributed by atoms with Crippen LogP contribution in [0, 0.1) is 13.8 Å². The molecule has 3 aromatic heterocycles. The topological polar surface area (TPSA) is 75.9 Å². The van der Waals surface area contributed by atoms with Crippen LogP contribution >= 0.6 is 11.3 Å². The lowest BCUT2D eigenvalue weighted by atomic mass is 10.1. The molecule has 0 aromatic carbocycles. The molecular weight excluding hydrogens is 384 g/mol. The van der Waals surface area contributed by atoms with Gasteiger partial charge in [-0.05, 0) is 50.1 Å². The normalized spacial score (nSPS) is 13.8. The Labute approximate surface area is 174 Å². The van der Waals surface area contributed by atoms with Gasteiger partial charge >= 0.3 is 0 Å². The highest BCUT2D eigenvalue weighted by Crippen LogP contribution is 2.22. The molecule has 1 aliphatic rings. The van der Waals surface area contributed by atoms with Gasteiger partial charge in [-0.2, -0.15) is 5.10 Å².